The van der Waals surface area contributed by atoms with Crippen LogP contribution in [0.4, 0.5) is 0 Å². The first kappa shape index (κ1) is 60.8. The fourth-order valence-electron chi connectivity index (χ4n) is 8.25. The van der Waals surface area contributed by atoms with Crippen molar-refractivity contribution >= 4 is 5.91 Å². The number of amides is 1. The monoisotopic (exact) mass is 878 g/mol. The summed E-state index contributed by atoms with van der Waals surface area (Å²) in [7, 11) is 0. The van der Waals surface area contributed by atoms with Crippen LogP contribution in [0.15, 0.2) is 72.9 Å². The van der Waals surface area contributed by atoms with E-state index in [-0.39, 0.29) is 12.5 Å². The molecule has 0 aliphatic heterocycles. The van der Waals surface area contributed by atoms with Gasteiger partial charge >= 0.3 is 0 Å². The molecule has 0 radical (unpaired) electrons. The van der Waals surface area contributed by atoms with Gasteiger partial charge in [0.05, 0.1) is 18.8 Å². The Labute approximate surface area is 393 Å². The fraction of sp³-hybridized carbons (Fsp3) is 0.780. The summed E-state index contributed by atoms with van der Waals surface area (Å²) in [5.41, 5.74) is 0. The molecule has 0 rings (SSSR count). The molecule has 1 amide bonds. The van der Waals surface area contributed by atoms with Crippen LogP contribution in [-0.4, -0.2) is 34.9 Å². The molecule has 63 heavy (non-hydrogen) atoms. The highest BCUT2D eigenvalue weighted by Crippen LogP contribution is 2.16. The largest absolute Gasteiger partial charge is 0.394 e. The molecule has 2 atom stereocenters. The highest BCUT2D eigenvalue weighted by atomic mass is 16.3. The summed E-state index contributed by atoms with van der Waals surface area (Å²) in [6.45, 7) is 4.20. The fourth-order valence-corrected chi connectivity index (χ4v) is 8.25. The van der Waals surface area contributed by atoms with Gasteiger partial charge in [-0.3, -0.25) is 4.79 Å². The van der Waals surface area contributed by atoms with Crippen molar-refractivity contribution in [3.63, 3.8) is 0 Å². The molecule has 0 aliphatic rings. The quantitative estimate of drug-likeness (QED) is 0.0421. The highest BCUT2D eigenvalue weighted by Gasteiger charge is 2.18. The summed E-state index contributed by atoms with van der Waals surface area (Å²) >= 11 is 0. The first-order chi connectivity index (χ1) is 31.2. The van der Waals surface area contributed by atoms with Crippen LogP contribution in [-0.2, 0) is 4.79 Å². The van der Waals surface area contributed by atoms with Gasteiger partial charge in [0.2, 0.25) is 5.91 Å². The number of hydrogen-bond acceptors (Lipinski definition) is 3. The van der Waals surface area contributed by atoms with E-state index in [0.717, 1.165) is 57.8 Å². The van der Waals surface area contributed by atoms with Gasteiger partial charge in [0.25, 0.3) is 0 Å². The Kier molecular flexibility index (Phi) is 52.3. The predicted molar refractivity (Wildman–Crippen MR) is 281 cm³/mol. The molecule has 0 aromatic rings. The van der Waals surface area contributed by atoms with Crippen LogP contribution >= 0.6 is 0 Å². The van der Waals surface area contributed by atoms with Gasteiger partial charge in [0, 0.05) is 6.42 Å². The first-order valence-electron chi connectivity index (χ1n) is 27.7. The molecule has 0 aliphatic carbocycles. The van der Waals surface area contributed by atoms with Crippen LogP contribution in [0.2, 0.25) is 0 Å². The number of unbranched alkanes of at least 4 members (excludes halogenated alkanes) is 33. The molecule has 0 bridgehead atoms. The predicted octanol–water partition coefficient (Wildman–Crippen LogP) is 18.2. The van der Waals surface area contributed by atoms with Crippen LogP contribution in [0.5, 0.6) is 0 Å². The van der Waals surface area contributed by atoms with Crippen LogP contribution in [0.1, 0.15) is 277 Å². The number of carbonyl (C=O) groups is 1. The number of aliphatic hydroxyl groups is 2. The minimum atomic E-state index is -0.866. The van der Waals surface area contributed by atoms with Gasteiger partial charge in [0.1, 0.15) is 0 Å². The molecule has 0 fully saturated rings. The summed E-state index contributed by atoms with van der Waals surface area (Å²) in [4.78, 5) is 12.5. The number of rotatable bonds is 50. The van der Waals surface area contributed by atoms with Gasteiger partial charge < -0.3 is 15.5 Å². The van der Waals surface area contributed by atoms with Crippen molar-refractivity contribution in [1.29, 1.82) is 0 Å². The van der Waals surface area contributed by atoms with Gasteiger partial charge in [-0.05, 0) is 70.6 Å². The molecular weight excluding hydrogens is 771 g/mol. The number of aliphatic hydroxyl groups excluding tert-OH is 2. The molecule has 0 aromatic carbocycles. The van der Waals surface area contributed by atoms with Crippen molar-refractivity contribution in [2.24, 2.45) is 0 Å². The topological polar surface area (TPSA) is 69.6 Å². The van der Waals surface area contributed by atoms with Gasteiger partial charge in [-0.15, -0.1) is 0 Å². The lowest BCUT2D eigenvalue weighted by atomic mass is 10.0. The zero-order chi connectivity index (χ0) is 45.6. The van der Waals surface area contributed by atoms with E-state index in [1.54, 1.807) is 6.08 Å². The van der Waals surface area contributed by atoms with Crippen LogP contribution in [0.3, 0.4) is 0 Å². The maximum absolute atomic E-state index is 12.5. The van der Waals surface area contributed by atoms with E-state index in [2.05, 4.69) is 79.9 Å². The first-order valence-corrected chi connectivity index (χ1v) is 27.7. The SMILES string of the molecule is CC/C=C\C/C=C\C/C=C\C/C=C\CCCCCCCCCCCCCCCCC(=O)NC(CO)C(O)/C=C/CC/C=C/CCCCCCCCCCCCCCCCCCCC. The minimum absolute atomic E-state index is 0.0742. The van der Waals surface area contributed by atoms with E-state index in [1.807, 2.05) is 6.08 Å². The van der Waals surface area contributed by atoms with Gasteiger partial charge in [-0.2, -0.15) is 0 Å². The lowest BCUT2D eigenvalue weighted by Gasteiger charge is -2.19. The number of hydrogen-bond donors (Lipinski definition) is 3. The van der Waals surface area contributed by atoms with Gasteiger partial charge in [-0.1, -0.05) is 273 Å². The summed E-state index contributed by atoms with van der Waals surface area (Å²) in [6.07, 6.45) is 77.7. The van der Waals surface area contributed by atoms with E-state index < -0.39 is 12.1 Å². The molecule has 3 N–H and O–H groups in total. The van der Waals surface area contributed by atoms with Crippen molar-refractivity contribution in [2.45, 2.75) is 289 Å². The Morgan fingerprint density at radius 1 is 0.397 bits per heavy atom. The van der Waals surface area contributed by atoms with E-state index in [9.17, 15) is 15.0 Å². The van der Waals surface area contributed by atoms with Crippen molar-refractivity contribution < 1.29 is 15.0 Å². The maximum Gasteiger partial charge on any atom is 0.220 e. The molecule has 0 spiro atoms. The lowest BCUT2D eigenvalue weighted by molar-refractivity contribution is -0.123. The maximum atomic E-state index is 12.5. The Morgan fingerprint density at radius 2 is 0.714 bits per heavy atom. The molecule has 0 saturated heterocycles. The third-order valence-corrected chi connectivity index (χ3v) is 12.4. The van der Waals surface area contributed by atoms with E-state index in [1.165, 1.54) is 199 Å². The summed E-state index contributed by atoms with van der Waals surface area (Å²) in [6, 6.07) is -0.643. The second-order valence-electron chi connectivity index (χ2n) is 18.6. The zero-order valence-electron chi connectivity index (χ0n) is 42.1. The average Bonchev–Trinajstić information content (AvgIpc) is 3.29. The van der Waals surface area contributed by atoms with E-state index in [4.69, 9.17) is 0 Å². The van der Waals surface area contributed by atoms with Crippen molar-refractivity contribution in [1.82, 2.24) is 5.32 Å². The van der Waals surface area contributed by atoms with Gasteiger partial charge in [0.15, 0.2) is 0 Å². The summed E-state index contributed by atoms with van der Waals surface area (Å²) < 4.78 is 0. The van der Waals surface area contributed by atoms with Crippen LogP contribution < -0.4 is 5.32 Å². The molecule has 0 saturated carbocycles. The third kappa shape index (κ3) is 50.7. The second-order valence-corrected chi connectivity index (χ2v) is 18.6. The number of carbonyl (C=O) groups excluding carboxylic acids is 1. The van der Waals surface area contributed by atoms with E-state index >= 15 is 0 Å². The Bertz CT molecular complexity index is 1090. The van der Waals surface area contributed by atoms with E-state index in [0.29, 0.717) is 6.42 Å². The van der Waals surface area contributed by atoms with Crippen molar-refractivity contribution in [2.75, 3.05) is 6.61 Å². The zero-order valence-corrected chi connectivity index (χ0v) is 42.1. The molecule has 2 unspecified atom stereocenters. The minimum Gasteiger partial charge on any atom is -0.394 e. The summed E-state index contributed by atoms with van der Waals surface area (Å²) in [5, 5.41) is 23.1. The third-order valence-electron chi connectivity index (χ3n) is 12.4. The molecular formula is C59H107NO3. The Morgan fingerprint density at radius 3 is 1.11 bits per heavy atom. The number of allylic oxidation sites excluding steroid dienone is 11. The standard InChI is InChI=1S/C59H107NO3/c1-3-5-7-9-11-13-15-17-19-21-23-25-27-29-30-31-33-35-37-39-41-43-45-47-49-51-53-55-59(63)60-57(56-61)58(62)54-52-50-48-46-44-42-40-38-36-34-32-28-26-24-22-20-18-16-14-12-10-8-6-4-2/h5,7,11,13,17,19,23,25,44,46,52,54,57-58,61-62H,3-4,6,8-10,12,14-16,18,20-22,24,26-43,45,47-51,53,55-56H2,1-2H3,(H,60,63)/b7-5-,13-11-,19-17-,25-23-,46-44+,54-52+. The Hall–Kier alpha value is -2.17. The average molecular weight is 879 g/mol. The number of nitrogens with one attached hydrogen (secondary N) is 1. The van der Waals surface area contributed by atoms with Gasteiger partial charge in [-0.25, -0.2) is 0 Å². The molecule has 4 nitrogen and oxygen atoms in total. The molecule has 4 heteroatoms. The Balaban J connectivity index is 3.54. The highest BCUT2D eigenvalue weighted by molar-refractivity contribution is 5.76. The molecule has 0 heterocycles. The normalized spacial score (nSPS) is 13.4. The second kappa shape index (κ2) is 54.2. The van der Waals surface area contributed by atoms with Crippen molar-refractivity contribution in [3.8, 4) is 0 Å². The summed E-state index contributed by atoms with van der Waals surface area (Å²) in [5.74, 6) is -0.0742. The lowest BCUT2D eigenvalue weighted by Crippen LogP contribution is -2.45. The molecule has 0 aromatic heterocycles. The smallest absolute Gasteiger partial charge is 0.220 e. The van der Waals surface area contributed by atoms with Crippen LogP contribution in [0, 0.1) is 0 Å². The molecule has 366 valence electrons. The van der Waals surface area contributed by atoms with Crippen LogP contribution in [0.25, 0.3) is 0 Å². The van der Waals surface area contributed by atoms with Crippen molar-refractivity contribution in [3.05, 3.63) is 72.9 Å².